The molecule has 11 heteroatoms. The number of hydrogen-bond donors (Lipinski definition) is 2. The van der Waals surface area contributed by atoms with Crippen molar-refractivity contribution in [2.24, 2.45) is 4.99 Å². The topological polar surface area (TPSA) is 116 Å². The van der Waals surface area contributed by atoms with Crippen LogP contribution in [0.5, 0.6) is 11.5 Å². The van der Waals surface area contributed by atoms with Crippen molar-refractivity contribution in [3.8, 4) is 11.5 Å². The van der Waals surface area contributed by atoms with Crippen LogP contribution in [0.3, 0.4) is 0 Å². The Morgan fingerprint density at radius 1 is 1.00 bits per heavy atom. The highest BCUT2D eigenvalue weighted by Crippen LogP contribution is 2.35. The van der Waals surface area contributed by atoms with Crippen LogP contribution in [0.15, 0.2) is 64.7 Å². The smallest absolute Gasteiger partial charge is 0.328 e. The Morgan fingerprint density at radius 3 is 1.92 bits per heavy atom. The highest BCUT2D eigenvalue weighted by atomic mass is 19.1. The van der Waals surface area contributed by atoms with E-state index in [0.29, 0.717) is 11.1 Å². The minimum atomic E-state index is -1.17. The number of hydrogen-bond acceptors (Lipinski definition) is 8. The van der Waals surface area contributed by atoms with E-state index in [0.717, 1.165) is 0 Å². The summed E-state index contributed by atoms with van der Waals surface area (Å²) < 4.78 is 49.1. The summed E-state index contributed by atoms with van der Waals surface area (Å²) in [6.45, 7) is 7.85. The molecule has 0 spiro atoms. The molecule has 2 rings (SSSR count). The van der Waals surface area contributed by atoms with Gasteiger partial charge in [-0.1, -0.05) is 12.1 Å². The molecule has 0 saturated heterocycles. The normalized spacial score (nSPS) is 13.6. The number of rotatable bonds is 12. The monoisotopic (exact) mass is 546 g/mol. The van der Waals surface area contributed by atoms with Crippen LogP contribution < -0.4 is 14.8 Å². The van der Waals surface area contributed by atoms with Gasteiger partial charge in [0.15, 0.2) is 40.3 Å². The summed E-state index contributed by atoms with van der Waals surface area (Å²) in [5.74, 6) is -4.21. The lowest BCUT2D eigenvalue weighted by Crippen LogP contribution is -2.42. The van der Waals surface area contributed by atoms with Crippen molar-refractivity contribution in [1.29, 1.82) is 0 Å². The minimum Gasteiger partial charge on any atom is -0.503 e. The van der Waals surface area contributed by atoms with E-state index in [1.165, 1.54) is 70.7 Å². The number of aliphatic hydroxyl groups excluding tert-OH is 1. The predicted octanol–water partition coefficient (Wildman–Crippen LogP) is 4.57. The van der Waals surface area contributed by atoms with Crippen LogP contribution in [0.1, 0.15) is 37.8 Å². The molecule has 0 aliphatic rings. The lowest BCUT2D eigenvalue weighted by molar-refractivity contribution is -0.152. The summed E-state index contributed by atoms with van der Waals surface area (Å²) in [6.07, 6.45) is 0.536. The first kappa shape index (κ1) is 30.8. The summed E-state index contributed by atoms with van der Waals surface area (Å²) >= 11 is 0. The van der Waals surface area contributed by atoms with E-state index in [2.05, 4.69) is 17.0 Å². The molecule has 39 heavy (non-hydrogen) atoms. The number of nitrogens with one attached hydrogen (secondary N) is 1. The van der Waals surface area contributed by atoms with Crippen LogP contribution in [-0.2, 0) is 19.1 Å². The van der Waals surface area contributed by atoms with Gasteiger partial charge in [0.05, 0.1) is 21.3 Å². The fraction of sp³-hybridized carbons (Fsp3) is 0.321. The molecule has 0 saturated carbocycles. The zero-order valence-electron chi connectivity index (χ0n) is 22.6. The number of allylic oxidation sites excluding steroid dienone is 1. The Labute approximate surface area is 225 Å². The van der Waals surface area contributed by atoms with Crippen molar-refractivity contribution in [1.82, 2.24) is 5.32 Å². The van der Waals surface area contributed by atoms with Crippen molar-refractivity contribution in [3.05, 3.63) is 82.5 Å². The first-order valence-electron chi connectivity index (χ1n) is 11.8. The van der Waals surface area contributed by atoms with Gasteiger partial charge in [0, 0.05) is 5.92 Å². The fourth-order valence-electron chi connectivity index (χ4n) is 3.87. The molecule has 2 aromatic carbocycles. The number of aliphatic imine (C=N–C) groups is 1. The summed E-state index contributed by atoms with van der Waals surface area (Å²) in [5, 5.41) is 12.7. The summed E-state index contributed by atoms with van der Waals surface area (Å²) in [7, 11) is 3.93. The van der Waals surface area contributed by atoms with Gasteiger partial charge in [-0.05, 0) is 69.0 Å². The predicted molar refractivity (Wildman–Crippen MR) is 141 cm³/mol. The van der Waals surface area contributed by atoms with Gasteiger partial charge in [0.25, 0.3) is 5.91 Å². The molecule has 0 bridgehead atoms. The first-order chi connectivity index (χ1) is 18.5. The summed E-state index contributed by atoms with van der Waals surface area (Å²) in [6, 6.07) is 7.15. The molecule has 2 atom stereocenters. The molecule has 0 fully saturated rings. The highest BCUT2D eigenvalue weighted by Gasteiger charge is 2.30. The highest BCUT2D eigenvalue weighted by molar-refractivity contribution is 5.97. The van der Waals surface area contributed by atoms with E-state index >= 15 is 0 Å². The molecule has 0 aromatic heterocycles. The van der Waals surface area contributed by atoms with E-state index < -0.39 is 53.0 Å². The number of esters is 1. The number of ether oxygens (including phenoxy) is 4. The molecule has 0 radical (unpaired) electrons. The number of carbonyl (C=O) groups excluding carboxylic acids is 2. The third-order valence-corrected chi connectivity index (χ3v) is 5.85. The largest absolute Gasteiger partial charge is 0.503 e. The summed E-state index contributed by atoms with van der Waals surface area (Å²) in [4.78, 5) is 29.2. The van der Waals surface area contributed by atoms with Gasteiger partial charge in [0.2, 0.25) is 0 Å². The lowest BCUT2D eigenvalue weighted by Gasteiger charge is -2.27. The van der Waals surface area contributed by atoms with Crippen molar-refractivity contribution < 1.29 is 42.4 Å². The molecule has 0 unspecified atom stereocenters. The Hall–Kier alpha value is -4.41. The van der Waals surface area contributed by atoms with Crippen molar-refractivity contribution in [2.45, 2.75) is 38.8 Å². The SMILES string of the molecule is C=N/C(C(=O)N[C@@H](C)C(=O)O[C@@H](C)C(c1ccc(F)c(OC)c1)c1ccc(F)c(OC)c1)=C(O)\C(=C/C)OC. The second-order valence-corrected chi connectivity index (χ2v) is 8.32. The second-order valence-electron chi connectivity index (χ2n) is 8.32. The van der Waals surface area contributed by atoms with Gasteiger partial charge in [-0.3, -0.25) is 9.79 Å². The Balaban J connectivity index is 2.37. The van der Waals surface area contributed by atoms with Gasteiger partial charge in [0.1, 0.15) is 12.1 Å². The Kier molecular flexibility index (Phi) is 11.0. The first-order valence-corrected chi connectivity index (χ1v) is 11.8. The average Bonchev–Trinajstić information content (AvgIpc) is 2.91. The lowest BCUT2D eigenvalue weighted by atomic mass is 9.86. The van der Waals surface area contributed by atoms with Gasteiger partial charge in [-0.2, -0.15) is 0 Å². The van der Waals surface area contributed by atoms with Crippen LogP contribution in [0, 0.1) is 11.6 Å². The maximum Gasteiger partial charge on any atom is 0.328 e. The van der Waals surface area contributed by atoms with Crippen molar-refractivity contribution >= 4 is 18.6 Å². The molecule has 0 aliphatic carbocycles. The number of benzene rings is 2. The number of carbonyl (C=O) groups is 2. The standard InChI is InChI=1S/C28H32F2N2O7/c1-8-21(36-5)26(33)25(31-4)27(34)32-15(2)28(35)39-16(3)24(17-9-11-19(29)22(13-17)37-6)18-10-12-20(30)23(14-18)38-7/h8-16,24,33H,4H2,1-3,5-7H3,(H,32,34)/b21-8+,26-25+/t15-,16-/m0/s1. The average molecular weight is 547 g/mol. The summed E-state index contributed by atoms with van der Waals surface area (Å²) in [5.41, 5.74) is 0.582. The Bertz CT molecular complexity index is 1220. The maximum atomic E-state index is 14.1. The van der Waals surface area contributed by atoms with E-state index in [9.17, 15) is 23.5 Å². The zero-order valence-corrected chi connectivity index (χ0v) is 22.6. The van der Waals surface area contributed by atoms with E-state index in [1.807, 2.05) is 0 Å². The van der Waals surface area contributed by atoms with Crippen LogP contribution >= 0.6 is 0 Å². The molecular formula is C28H32F2N2O7. The number of aliphatic hydroxyl groups is 1. The molecule has 210 valence electrons. The zero-order chi connectivity index (χ0) is 29.3. The number of halogens is 2. The van der Waals surface area contributed by atoms with Gasteiger partial charge >= 0.3 is 5.97 Å². The van der Waals surface area contributed by atoms with Crippen molar-refractivity contribution in [2.75, 3.05) is 21.3 Å². The van der Waals surface area contributed by atoms with Crippen LogP contribution in [0.4, 0.5) is 8.78 Å². The minimum absolute atomic E-state index is 0.0105. The molecular weight excluding hydrogens is 514 g/mol. The van der Waals surface area contributed by atoms with E-state index in [4.69, 9.17) is 18.9 Å². The number of methoxy groups -OCH3 is 3. The number of amides is 1. The second kappa shape index (κ2) is 13.9. The third kappa shape index (κ3) is 7.34. The van der Waals surface area contributed by atoms with Crippen molar-refractivity contribution in [3.63, 3.8) is 0 Å². The molecule has 0 heterocycles. The molecule has 1 amide bonds. The third-order valence-electron chi connectivity index (χ3n) is 5.85. The quantitative estimate of drug-likeness (QED) is 0.132. The van der Waals surface area contributed by atoms with Gasteiger partial charge < -0.3 is 29.4 Å². The molecule has 9 nitrogen and oxygen atoms in total. The number of nitrogens with zero attached hydrogens (tertiary/aromatic N) is 1. The van der Waals surface area contributed by atoms with Crippen LogP contribution in [0.2, 0.25) is 0 Å². The Morgan fingerprint density at radius 2 is 1.51 bits per heavy atom. The molecule has 2 N–H and O–H groups in total. The molecule has 2 aromatic rings. The van der Waals surface area contributed by atoms with Gasteiger partial charge in [-0.15, -0.1) is 0 Å². The van der Waals surface area contributed by atoms with E-state index in [1.54, 1.807) is 13.8 Å². The van der Waals surface area contributed by atoms with Gasteiger partial charge in [-0.25, -0.2) is 13.6 Å². The fourth-order valence-corrected chi connectivity index (χ4v) is 3.87. The van der Waals surface area contributed by atoms with E-state index in [-0.39, 0.29) is 17.3 Å². The molecule has 0 aliphatic heterocycles. The van der Waals surface area contributed by atoms with Crippen LogP contribution in [0.25, 0.3) is 0 Å². The maximum absolute atomic E-state index is 14.1. The van der Waals surface area contributed by atoms with Crippen LogP contribution in [-0.4, -0.2) is 57.2 Å².